The fourth-order valence-electron chi connectivity index (χ4n) is 1.18. The molecule has 0 amide bonds. The number of esters is 1. The molecule has 1 aromatic carbocycles. The van der Waals surface area contributed by atoms with E-state index in [-0.39, 0.29) is 11.9 Å². The summed E-state index contributed by atoms with van der Waals surface area (Å²) in [5.74, 6) is 0.143. The smallest absolute Gasteiger partial charge is 0.312 e. The van der Waals surface area contributed by atoms with Gasteiger partial charge in [0, 0.05) is 11.8 Å². The third-order valence-corrected chi connectivity index (χ3v) is 2.05. The topological polar surface area (TPSA) is 61.5 Å². The van der Waals surface area contributed by atoms with Gasteiger partial charge in [0.15, 0.2) is 0 Å². The van der Waals surface area contributed by atoms with Crippen LogP contribution in [0.1, 0.15) is 13.8 Å². The number of anilines is 1. The van der Waals surface area contributed by atoms with Crippen LogP contribution in [0.25, 0.3) is 0 Å². The van der Waals surface area contributed by atoms with Crippen molar-refractivity contribution in [2.75, 3.05) is 18.9 Å². The number of nitrogen functional groups attached to an aromatic ring is 1. The lowest BCUT2D eigenvalue weighted by Gasteiger charge is -2.12. The molecule has 4 heteroatoms. The fraction of sp³-hybridized carbons (Fsp3) is 0.417. The number of carbonyl (C=O) groups is 1. The average molecular weight is 223 g/mol. The number of rotatable bonds is 5. The van der Waals surface area contributed by atoms with Gasteiger partial charge in [0.1, 0.15) is 12.4 Å². The van der Waals surface area contributed by atoms with Crippen LogP contribution in [-0.4, -0.2) is 19.2 Å². The highest BCUT2D eigenvalue weighted by Crippen LogP contribution is 2.15. The molecule has 88 valence electrons. The van der Waals surface area contributed by atoms with Gasteiger partial charge in [-0.05, 0) is 26.0 Å². The van der Waals surface area contributed by atoms with Crippen LogP contribution in [0.4, 0.5) is 5.69 Å². The van der Waals surface area contributed by atoms with Gasteiger partial charge >= 0.3 is 5.97 Å². The zero-order valence-electron chi connectivity index (χ0n) is 9.60. The average Bonchev–Trinajstić information content (AvgIpc) is 2.26. The van der Waals surface area contributed by atoms with Crippen molar-refractivity contribution in [2.24, 2.45) is 5.92 Å². The molecule has 0 aliphatic carbocycles. The van der Waals surface area contributed by atoms with E-state index in [9.17, 15) is 4.79 Å². The number of hydrogen-bond acceptors (Lipinski definition) is 4. The summed E-state index contributed by atoms with van der Waals surface area (Å²) < 4.78 is 10.3. The molecular weight excluding hydrogens is 206 g/mol. The number of benzene rings is 1. The van der Waals surface area contributed by atoms with Gasteiger partial charge < -0.3 is 15.2 Å². The van der Waals surface area contributed by atoms with Crippen LogP contribution in [0, 0.1) is 5.92 Å². The zero-order chi connectivity index (χ0) is 12.0. The van der Waals surface area contributed by atoms with Crippen molar-refractivity contribution in [1.29, 1.82) is 0 Å². The van der Waals surface area contributed by atoms with E-state index in [0.29, 0.717) is 24.7 Å². The molecule has 0 fully saturated rings. The Bertz CT molecular complexity index is 352. The Balaban J connectivity index is 2.42. The van der Waals surface area contributed by atoms with Gasteiger partial charge in [0.2, 0.25) is 0 Å². The Morgan fingerprint density at radius 1 is 1.50 bits per heavy atom. The molecule has 1 atom stereocenters. The molecule has 0 spiro atoms. The first-order valence-corrected chi connectivity index (χ1v) is 5.28. The quantitative estimate of drug-likeness (QED) is 0.611. The number of carbonyl (C=O) groups excluding carboxylic acids is 1. The molecule has 0 saturated carbocycles. The molecule has 0 aromatic heterocycles. The third kappa shape index (κ3) is 3.81. The van der Waals surface area contributed by atoms with Crippen molar-refractivity contribution in [3.63, 3.8) is 0 Å². The highest BCUT2D eigenvalue weighted by atomic mass is 16.5. The molecule has 16 heavy (non-hydrogen) atoms. The maximum Gasteiger partial charge on any atom is 0.312 e. The molecule has 1 unspecified atom stereocenters. The summed E-state index contributed by atoms with van der Waals surface area (Å²) in [5, 5.41) is 0. The first-order valence-electron chi connectivity index (χ1n) is 5.28. The largest absolute Gasteiger partial charge is 0.493 e. The van der Waals surface area contributed by atoms with E-state index in [1.807, 2.05) is 0 Å². The van der Waals surface area contributed by atoms with Gasteiger partial charge in [-0.3, -0.25) is 4.79 Å². The van der Waals surface area contributed by atoms with Crippen LogP contribution >= 0.6 is 0 Å². The molecule has 0 heterocycles. The van der Waals surface area contributed by atoms with E-state index < -0.39 is 0 Å². The van der Waals surface area contributed by atoms with Crippen molar-refractivity contribution in [3.05, 3.63) is 24.3 Å². The van der Waals surface area contributed by atoms with Gasteiger partial charge in [-0.1, -0.05) is 6.07 Å². The molecule has 1 aromatic rings. The van der Waals surface area contributed by atoms with E-state index in [4.69, 9.17) is 15.2 Å². The van der Waals surface area contributed by atoms with Crippen molar-refractivity contribution in [1.82, 2.24) is 0 Å². The van der Waals surface area contributed by atoms with E-state index >= 15 is 0 Å². The van der Waals surface area contributed by atoms with E-state index in [2.05, 4.69) is 0 Å². The SMILES string of the molecule is CCOC(=O)C(C)COc1cccc(N)c1. The predicted octanol–water partition coefficient (Wildman–Crippen LogP) is 1.85. The Morgan fingerprint density at radius 3 is 2.88 bits per heavy atom. The lowest BCUT2D eigenvalue weighted by molar-refractivity contribution is -0.148. The van der Waals surface area contributed by atoms with E-state index in [1.54, 1.807) is 38.1 Å². The van der Waals surface area contributed by atoms with Gasteiger partial charge in [-0.15, -0.1) is 0 Å². The summed E-state index contributed by atoms with van der Waals surface area (Å²) in [7, 11) is 0. The summed E-state index contributed by atoms with van der Waals surface area (Å²) in [6, 6.07) is 7.10. The van der Waals surface area contributed by atoms with E-state index in [0.717, 1.165) is 0 Å². The van der Waals surface area contributed by atoms with E-state index in [1.165, 1.54) is 0 Å². The first kappa shape index (κ1) is 12.4. The summed E-state index contributed by atoms with van der Waals surface area (Å²) in [6.07, 6.45) is 0. The minimum absolute atomic E-state index is 0.244. The second-order valence-electron chi connectivity index (χ2n) is 3.54. The summed E-state index contributed by atoms with van der Waals surface area (Å²) in [6.45, 7) is 4.23. The fourth-order valence-corrected chi connectivity index (χ4v) is 1.18. The lowest BCUT2D eigenvalue weighted by Crippen LogP contribution is -2.21. The molecule has 0 saturated heterocycles. The number of nitrogens with two attached hydrogens (primary N) is 1. The van der Waals surface area contributed by atoms with Crippen LogP contribution in [-0.2, 0) is 9.53 Å². The summed E-state index contributed by atoms with van der Waals surface area (Å²) in [5.41, 5.74) is 6.24. The molecule has 0 aliphatic heterocycles. The molecule has 2 N–H and O–H groups in total. The Hall–Kier alpha value is -1.71. The van der Waals surface area contributed by atoms with Crippen LogP contribution in [0.15, 0.2) is 24.3 Å². The minimum atomic E-state index is -0.276. The molecular formula is C12H17NO3. The maximum absolute atomic E-state index is 11.3. The standard InChI is InChI=1S/C12H17NO3/c1-3-15-12(14)9(2)8-16-11-6-4-5-10(13)7-11/h4-7,9H,3,8,13H2,1-2H3. The van der Waals surface area contributed by atoms with Crippen molar-refractivity contribution in [2.45, 2.75) is 13.8 Å². The van der Waals surface area contributed by atoms with Gasteiger partial charge in [0.25, 0.3) is 0 Å². The number of ether oxygens (including phenoxy) is 2. The van der Waals surface area contributed by atoms with Gasteiger partial charge in [0.05, 0.1) is 12.5 Å². The highest BCUT2D eigenvalue weighted by Gasteiger charge is 2.14. The lowest BCUT2D eigenvalue weighted by atomic mass is 10.2. The first-order chi connectivity index (χ1) is 7.63. The van der Waals surface area contributed by atoms with Crippen LogP contribution in [0.2, 0.25) is 0 Å². The molecule has 0 aliphatic rings. The highest BCUT2D eigenvalue weighted by molar-refractivity contribution is 5.72. The number of hydrogen-bond donors (Lipinski definition) is 1. The van der Waals surface area contributed by atoms with Gasteiger partial charge in [-0.2, -0.15) is 0 Å². The minimum Gasteiger partial charge on any atom is -0.493 e. The summed E-state index contributed by atoms with van der Waals surface area (Å²) in [4.78, 5) is 11.3. The van der Waals surface area contributed by atoms with Crippen LogP contribution < -0.4 is 10.5 Å². The second-order valence-corrected chi connectivity index (χ2v) is 3.54. The molecule has 1 rings (SSSR count). The Morgan fingerprint density at radius 2 is 2.25 bits per heavy atom. The maximum atomic E-state index is 11.3. The molecule has 4 nitrogen and oxygen atoms in total. The van der Waals surface area contributed by atoms with Crippen molar-refractivity contribution >= 4 is 11.7 Å². The van der Waals surface area contributed by atoms with Gasteiger partial charge in [-0.25, -0.2) is 0 Å². The normalized spacial score (nSPS) is 11.9. The Kier molecular flexibility index (Phi) is 4.64. The summed E-state index contributed by atoms with van der Waals surface area (Å²) >= 11 is 0. The van der Waals surface area contributed by atoms with Crippen LogP contribution in [0.3, 0.4) is 0 Å². The predicted molar refractivity (Wildman–Crippen MR) is 62.1 cm³/mol. The van der Waals surface area contributed by atoms with Crippen LogP contribution in [0.5, 0.6) is 5.75 Å². The van der Waals surface area contributed by atoms with Crippen molar-refractivity contribution in [3.8, 4) is 5.75 Å². The molecule has 0 radical (unpaired) electrons. The Labute approximate surface area is 95.3 Å². The van der Waals surface area contributed by atoms with Crippen molar-refractivity contribution < 1.29 is 14.3 Å². The zero-order valence-corrected chi connectivity index (χ0v) is 9.60. The third-order valence-electron chi connectivity index (χ3n) is 2.05. The second kappa shape index (κ2) is 6.00. The monoisotopic (exact) mass is 223 g/mol. The molecule has 0 bridgehead atoms.